The zero-order valence-corrected chi connectivity index (χ0v) is 11.5. The molecular formula is C15H20F3N. The van der Waals surface area contributed by atoms with Crippen molar-refractivity contribution >= 4 is 0 Å². The van der Waals surface area contributed by atoms with Crippen LogP contribution in [0.3, 0.4) is 0 Å². The summed E-state index contributed by atoms with van der Waals surface area (Å²) in [4.78, 5) is 0. The van der Waals surface area contributed by atoms with Crippen LogP contribution < -0.4 is 5.32 Å². The predicted molar refractivity (Wildman–Crippen MR) is 69.7 cm³/mol. The van der Waals surface area contributed by atoms with Crippen molar-refractivity contribution < 1.29 is 13.2 Å². The molecule has 0 amide bonds. The van der Waals surface area contributed by atoms with Gasteiger partial charge in [0.15, 0.2) is 0 Å². The van der Waals surface area contributed by atoms with E-state index in [9.17, 15) is 13.2 Å². The quantitative estimate of drug-likeness (QED) is 0.855. The second-order valence-electron chi connectivity index (χ2n) is 5.92. The predicted octanol–water partition coefficient (Wildman–Crippen LogP) is 4.40. The Bertz CT molecular complexity index is 451. The van der Waals surface area contributed by atoms with Gasteiger partial charge < -0.3 is 5.32 Å². The third kappa shape index (κ3) is 2.94. The van der Waals surface area contributed by atoms with E-state index in [4.69, 9.17) is 0 Å². The monoisotopic (exact) mass is 271 g/mol. The second-order valence-corrected chi connectivity index (χ2v) is 5.92. The molecule has 106 valence electrons. The lowest BCUT2D eigenvalue weighted by atomic mass is 9.93. The first-order valence-electron chi connectivity index (χ1n) is 6.67. The molecule has 1 aliphatic rings. The van der Waals surface area contributed by atoms with Gasteiger partial charge in [0.05, 0.1) is 5.56 Å². The first kappa shape index (κ1) is 14.4. The number of alkyl halides is 3. The van der Waals surface area contributed by atoms with E-state index in [0.29, 0.717) is 12.1 Å². The topological polar surface area (TPSA) is 12.0 Å². The fourth-order valence-corrected chi connectivity index (χ4v) is 2.79. The first-order chi connectivity index (χ1) is 8.77. The van der Waals surface area contributed by atoms with Crippen molar-refractivity contribution in [2.24, 2.45) is 11.3 Å². The van der Waals surface area contributed by atoms with Gasteiger partial charge in [-0.1, -0.05) is 39.0 Å². The van der Waals surface area contributed by atoms with Crippen LogP contribution in [0.15, 0.2) is 24.3 Å². The Morgan fingerprint density at radius 2 is 1.89 bits per heavy atom. The lowest BCUT2D eigenvalue weighted by Crippen LogP contribution is -2.27. The van der Waals surface area contributed by atoms with E-state index in [1.807, 2.05) is 6.92 Å². The summed E-state index contributed by atoms with van der Waals surface area (Å²) in [6.07, 6.45) is -3.32. The molecule has 2 rings (SSSR count). The average Bonchev–Trinajstić information content (AvgIpc) is 2.94. The van der Waals surface area contributed by atoms with Crippen molar-refractivity contribution in [3.63, 3.8) is 0 Å². The van der Waals surface area contributed by atoms with Crippen molar-refractivity contribution in [1.82, 2.24) is 5.32 Å². The molecule has 0 heterocycles. The Morgan fingerprint density at radius 1 is 1.32 bits per heavy atom. The van der Waals surface area contributed by atoms with Crippen molar-refractivity contribution in [1.29, 1.82) is 0 Å². The minimum absolute atomic E-state index is 0.131. The van der Waals surface area contributed by atoms with Crippen LogP contribution in [0.2, 0.25) is 0 Å². The molecule has 0 aromatic heterocycles. The van der Waals surface area contributed by atoms with Crippen LogP contribution in [-0.2, 0) is 6.18 Å². The van der Waals surface area contributed by atoms with Gasteiger partial charge in [-0.3, -0.25) is 0 Å². The number of hydrogen-bond donors (Lipinski definition) is 1. The van der Waals surface area contributed by atoms with Gasteiger partial charge in [-0.2, -0.15) is 13.2 Å². The lowest BCUT2D eigenvalue weighted by Gasteiger charge is -2.24. The van der Waals surface area contributed by atoms with Crippen LogP contribution in [0, 0.1) is 11.3 Å². The highest BCUT2D eigenvalue weighted by molar-refractivity contribution is 5.34. The Hall–Kier alpha value is -1.03. The lowest BCUT2D eigenvalue weighted by molar-refractivity contribution is -0.138. The number of rotatable bonds is 4. The van der Waals surface area contributed by atoms with Crippen LogP contribution in [-0.4, -0.2) is 6.54 Å². The fourth-order valence-electron chi connectivity index (χ4n) is 2.79. The molecule has 1 nitrogen and oxygen atoms in total. The number of halogens is 3. The summed E-state index contributed by atoms with van der Waals surface area (Å²) in [7, 11) is 0. The summed E-state index contributed by atoms with van der Waals surface area (Å²) in [6.45, 7) is 6.82. The summed E-state index contributed by atoms with van der Waals surface area (Å²) < 4.78 is 39.3. The number of benzene rings is 1. The van der Waals surface area contributed by atoms with Gasteiger partial charge in [0.2, 0.25) is 0 Å². The van der Waals surface area contributed by atoms with Crippen LogP contribution in [0.5, 0.6) is 0 Å². The van der Waals surface area contributed by atoms with Gasteiger partial charge in [-0.05, 0) is 35.9 Å². The standard InChI is InChI=1S/C15H20F3N/c1-4-19-13(12-9-14(12,2)3)10-7-5-6-8-11(10)15(16,17)18/h5-8,12-13,19H,4,9H2,1-3H3. The van der Waals surface area contributed by atoms with Crippen LogP contribution in [0.4, 0.5) is 13.2 Å². The maximum Gasteiger partial charge on any atom is 0.416 e. The van der Waals surface area contributed by atoms with Crippen molar-refractivity contribution in [3.8, 4) is 0 Å². The summed E-state index contributed by atoms with van der Waals surface area (Å²) >= 11 is 0. The minimum atomic E-state index is -4.29. The van der Waals surface area contributed by atoms with Crippen LogP contribution >= 0.6 is 0 Å². The number of nitrogens with one attached hydrogen (secondary N) is 1. The fraction of sp³-hybridized carbons (Fsp3) is 0.600. The maximum atomic E-state index is 13.1. The van der Waals surface area contributed by atoms with Gasteiger partial charge in [-0.15, -0.1) is 0 Å². The molecular weight excluding hydrogens is 251 g/mol. The number of hydrogen-bond acceptors (Lipinski definition) is 1. The van der Waals surface area contributed by atoms with Crippen LogP contribution in [0.25, 0.3) is 0 Å². The summed E-state index contributed by atoms with van der Waals surface area (Å²) in [5.74, 6) is 0.274. The van der Waals surface area contributed by atoms with Gasteiger partial charge in [-0.25, -0.2) is 0 Å². The van der Waals surface area contributed by atoms with E-state index in [1.165, 1.54) is 12.1 Å². The molecule has 1 saturated carbocycles. The Labute approximate surface area is 112 Å². The first-order valence-corrected chi connectivity index (χ1v) is 6.67. The molecule has 0 bridgehead atoms. The summed E-state index contributed by atoms with van der Waals surface area (Å²) in [5.41, 5.74) is 0.00187. The molecule has 0 spiro atoms. The molecule has 1 aliphatic carbocycles. The van der Waals surface area contributed by atoms with E-state index >= 15 is 0 Å². The second kappa shape index (κ2) is 4.82. The molecule has 19 heavy (non-hydrogen) atoms. The SMILES string of the molecule is CCNC(c1ccccc1C(F)(F)F)C1CC1(C)C. The smallest absolute Gasteiger partial charge is 0.310 e. The molecule has 0 aliphatic heterocycles. The molecule has 0 saturated heterocycles. The van der Waals surface area contributed by atoms with Crippen molar-refractivity contribution in [2.45, 2.75) is 39.4 Å². The molecule has 0 radical (unpaired) electrons. The molecule has 2 unspecified atom stereocenters. The van der Waals surface area contributed by atoms with E-state index in [2.05, 4.69) is 19.2 Å². The highest BCUT2D eigenvalue weighted by Crippen LogP contribution is 2.58. The van der Waals surface area contributed by atoms with E-state index in [1.54, 1.807) is 12.1 Å². The Kier molecular flexibility index (Phi) is 3.65. The molecule has 1 fully saturated rings. The molecule has 2 atom stereocenters. The van der Waals surface area contributed by atoms with Gasteiger partial charge >= 0.3 is 6.18 Å². The largest absolute Gasteiger partial charge is 0.416 e. The molecule has 1 aromatic rings. The van der Waals surface area contributed by atoms with E-state index in [-0.39, 0.29) is 17.4 Å². The maximum absolute atomic E-state index is 13.1. The highest BCUT2D eigenvalue weighted by Gasteiger charge is 2.51. The molecule has 4 heteroatoms. The van der Waals surface area contributed by atoms with Crippen molar-refractivity contribution in [2.75, 3.05) is 6.54 Å². The van der Waals surface area contributed by atoms with Gasteiger partial charge in [0.25, 0.3) is 0 Å². The minimum Gasteiger partial charge on any atom is -0.310 e. The summed E-state index contributed by atoms with van der Waals surface area (Å²) in [6, 6.07) is 5.70. The highest BCUT2D eigenvalue weighted by atomic mass is 19.4. The van der Waals surface area contributed by atoms with Crippen molar-refractivity contribution in [3.05, 3.63) is 35.4 Å². The van der Waals surface area contributed by atoms with E-state index in [0.717, 1.165) is 6.42 Å². The van der Waals surface area contributed by atoms with Gasteiger partial charge in [0.1, 0.15) is 0 Å². The molecule has 1 N–H and O–H groups in total. The van der Waals surface area contributed by atoms with Crippen LogP contribution in [0.1, 0.15) is 44.4 Å². The summed E-state index contributed by atoms with van der Waals surface area (Å²) in [5, 5.41) is 3.23. The Morgan fingerprint density at radius 3 is 2.37 bits per heavy atom. The normalized spacial score (nSPS) is 23.2. The average molecular weight is 271 g/mol. The third-order valence-corrected chi connectivity index (χ3v) is 4.02. The van der Waals surface area contributed by atoms with Gasteiger partial charge in [0, 0.05) is 6.04 Å². The van der Waals surface area contributed by atoms with E-state index < -0.39 is 11.7 Å². The zero-order valence-electron chi connectivity index (χ0n) is 11.5. The third-order valence-electron chi connectivity index (χ3n) is 4.02. The molecule has 1 aromatic carbocycles. The Balaban J connectivity index is 2.38. The zero-order chi connectivity index (χ0) is 14.3.